The molecule has 0 aliphatic carbocycles. The number of carbonyl (C=O) groups excluding carboxylic acids is 2. The van der Waals surface area contributed by atoms with E-state index in [1.165, 1.54) is 0 Å². The van der Waals surface area contributed by atoms with Crippen LogP contribution < -0.4 is 10.2 Å². The Balaban J connectivity index is 1.50. The Kier molecular flexibility index (Phi) is 7.23. The molecule has 0 radical (unpaired) electrons. The van der Waals surface area contributed by atoms with Crippen molar-refractivity contribution >= 4 is 46.5 Å². The van der Waals surface area contributed by atoms with Gasteiger partial charge in [-0.15, -0.1) is 0 Å². The monoisotopic (exact) mass is 521 g/mol. The zero-order valence-corrected chi connectivity index (χ0v) is 19.8. The lowest BCUT2D eigenvalue weighted by atomic mass is 10.1. The fourth-order valence-electron chi connectivity index (χ4n) is 3.81. The van der Waals surface area contributed by atoms with E-state index in [0.717, 1.165) is 36.2 Å². The molecule has 3 amide bonds. The molecular weight excluding hydrogens is 502 g/mol. The lowest BCUT2D eigenvalue weighted by Gasteiger charge is -2.36. The Morgan fingerprint density at radius 3 is 2.40 bits per heavy atom. The van der Waals surface area contributed by atoms with Crippen molar-refractivity contribution in [2.24, 2.45) is 0 Å². The summed E-state index contributed by atoms with van der Waals surface area (Å²) in [5.74, 6) is -0.620. The summed E-state index contributed by atoms with van der Waals surface area (Å²) in [5.41, 5.74) is 0.890. The minimum absolute atomic E-state index is 0.0428. The number of amides is 3. The number of carbonyl (C=O) groups is 2. The summed E-state index contributed by atoms with van der Waals surface area (Å²) in [4.78, 5) is 29.1. The number of anilines is 2. The maximum Gasteiger partial charge on any atom is 0.416 e. The van der Waals surface area contributed by atoms with Crippen molar-refractivity contribution in [3.05, 3.63) is 93.5 Å². The van der Waals surface area contributed by atoms with E-state index < -0.39 is 17.6 Å². The smallest absolute Gasteiger partial charge is 0.321 e. The zero-order valence-electron chi connectivity index (χ0n) is 18.3. The number of benzene rings is 3. The van der Waals surface area contributed by atoms with Crippen LogP contribution in [0.3, 0.4) is 0 Å². The van der Waals surface area contributed by atoms with E-state index in [1.54, 1.807) is 34.1 Å². The van der Waals surface area contributed by atoms with Gasteiger partial charge in [0.1, 0.15) is 0 Å². The molecule has 0 spiro atoms. The van der Waals surface area contributed by atoms with Gasteiger partial charge in [0, 0.05) is 35.9 Å². The Morgan fingerprint density at radius 2 is 1.71 bits per heavy atom. The normalized spacial score (nSPS) is 14.3. The molecule has 1 aliphatic heterocycles. The molecule has 0 aromatic heterocycles. The fourth-order valence-corrected chi connectivity index (χ4v) is 4.18. The first kappa shape index (κ1) is 24.9. The molecule has 10 heteroatoms. The van der Waals surface area contributed by atoms with E-state index in [1.807, 2.05) is 18.2 Å². The minimum Gasteiger partial charge on any atom is -0.321 e. The van der Waals surface area contributed by atoms with Crippen LogP contribution in [0.25, 0.3) is 0 Å². The fraction of sp³-hybridized carbons (Fsp3) is 0.200. The van der Waals surface area contributed by atoms with Crippen molar-refractivity contribution < 1.29 is 22.8 Å². The Hall–Kier alpha value is -3.23. The molecule has 3 aromatic carbocycles. The van der Waals surface area contributed by atoms with Gasteiger partial charge < -0.3 is 10.2 Å². The van der Waals surface area contributed by atoms with Crippen LogP contribution in [0.1, 0.15) is 27.9 Å². The van der Waals surface area contributed by atoms with Crippen molar-refractivity contribution in [3.63, 3.8) is 0 Å². The van der Waals surface area contributed by atoms with E-state index in [-0.39, 0.29) is 22.3 Å². The lowest BCUT2D eigenvalue weighted by Crippen LogP contribution is -2.49. The third kappa shape index (κ3) is 5.89. The van der Waals surface area contributed by atoms with Crippen molar-refractivity contribution in [3.8, 4) is 0 Å². The highest BCUT2D eigenvalue weighted by molar-refractivity contribution is 6.34. The average Bonchev–Trinajstić information content (AvgIpc) is 2.81. The number of hydrogen-bond donors (Lipinski definition) is 1. The molecule has 35 heavy (non-hydrogen) atoms. The van der Waals surface area contributed by atoms with E-state index in [4.69, 9.17) is 23.2 Å². The van der Waals surface area contributed by atoms with Crippen LogP contribution >= 0.6 is 23.2 Å². The van der Waals surface area contributed by atoms with Gasteiger partial charge in [0.05, 0.1) is 16.3 Å². The molecule has 0 bridgehead atoms. The third-order valence-corrected chi connectivity index (χ3v) is 6.12. The second-order valence-corrected chi connectivity index (χ2v) is 8.88. The maximum atomic E-state index is 13.2. The Labute approximate surface area is 210 Å². The van der Waals surface area contributed by atoms with E-state index in [2.05, 4.69) is 5.32 Å². The molecule has 4 rings (SSSR count). The summed E-state index contributed by atoms with van der Waals surface area (Å²) in [5, 5.41) is 3.44. The van der Waals surface area contributed by atoms with Crippen LogP contribution in [-0.4, -0.2) is 29.9 Å². The first-order valence-corrected chi connectivity index (χ1v) is 11.5. The van der Waals surface area contributed by atoms with Gasteiger partial charge in [0.25, 0.3) is 5.91 Å². The van der Waals surface area contributed by atoms with Crippen molar-refractivity contribution in [2.75, 3.05) is 23.3 Å². The third-order valence-electron chi connectivity index (χ3n) is 5.56. The molecule has 1 N–H and O–H groups in total. The van der Waals surface area contributed by atoms with E-state index >= 15 is 0 Å². The Morgan fingerprint density at radius 1 is 0.971 bits per heavy atom. The highest BCUT2D eigenvalue weighted by Crippen LogP contribution is 2.31. The molecule has 3 aromatic rings. The van der Waals surface area contributed by atoms with Crippen molar-refractivity contribution in [1.29, 1.82) is 0 Å². The van der Waals surface area contributed by atoms with Gasteiger partial charge in [-0.2, -0.15) is 13.2 Å². The highest BCUT2D eigenvalue weighted by atomic mass is 35.5. The maximum absolute atomic E-state index is 13.2. The summed E-state index contributed by atoms with van der Waals surface area (Å²) in [7, 11) is 0. The van der Waals surface area contributed by atoms with Gasteiger partial charge in [-0.1, -0.05) is 35.3 Å². The number of nitrogens with one attached hydrogen (secondary N) is 1. The molecule has 1 heterocycles. The standard InChI is InChI=1S/C25H20Cl2F3N3O2/c26-19-4-1-3-16(13-19)15-32-11-2-12-33(24(32)35)20-9-10-21(27)22(14-20)31-23(34)17-5-7-18(8-6-17)25(28,29)30/h1,3-10,13-14H,2,11-12,15H2,(H,31,34). The summed E-state index contributed by atoms with van der Waals surface area (Å²) in [6.45, 7) is 1.48. The second-order valence-electron chi connectivity index (χ2n) is 8.03. The summed E-state index contributed by atoms with van der Waals surface area (Å²) in [6, 6.07) is 15.8. The van der Waals surface area contributed by atoms with Crippen LogP contribution in [0.4, 0.5) is 29.3 Å². The van der Waals surface area contributed by atoms with Crippen molar-refractivity contribution in [1.82, 2.24) is 4.90 Å². The highest BCUT2D eigenvalue weighted by Gasteiger charge is 2.30. The van der Waals surface area contributed by atoms with Crippen LogP contribution in [-0.2, 0) is 12.7 Å². The zero-order chi connectivity index (χ0) is 25.2. The molecule has 0 atom stereocenters. The largest absolute Gasteiger partial charge is 0.416 e. The molecule has 182 valence electrons. The summed E-state index contributed by atoms with van der Waals surface area (Å²) >= 11 is 12.3. The van der Waals surface area contributed by atoms with Crippen molar-refractivity contribution in [2.45, 2.75) is 19.1 Å². The van der Waals surface area contributed by atoms with E-state index in [9.17, 15) is 22.8 Å². The van der Waals surface area contributed by atoms with Crippen LogP contribution in [0.15, 0.2) is 66.7 Å². The van der Waals surface area contributed by atoms with Gasteiger partial charge in [-0.25, -0.2) is 4.79 Å². The van der Waals surface area contributed by atoms with Crippen LogP contribution in [0.5, 0.6) is 0 Å². The van der Waals surface area contributed by atoms with Gasteiger partial charge in [-0.05, 0) is 66.6 Å². The number of hydrogen-bond acceptors (Lipinski definition) is 2. The minimum atomic E-state index is -4.49. The van der Waals surface area contributed by atoms with Gasteiger partial charge in [-0.3, -0.25) is 9.69 Å². The van der Waals surface area contributed by atoms with Crippen LogP contribution in [0, 0.1) is 0 Å². The number of urea groups is 1. The molecule has 0 saturated carbocycles. The predicted octanol–water partition coefficient (Wildman–Crippen LogP) is 7.10. The predicted molar refractivity (Wildman–Crippen MR) is 130 cm³/mol. The second kappa shape index (κ2) is 10.2. The average molecular weight is 522 g/mol. The number of rotatable bonds is 5. The van der Waals surface area contributed by atoms with Gasteiger partial charge in [0.15, 0.2) is 0 Å². The molecule has 1 saturated heterocycles. The number of alkyl halides is 3. The topological polar surface area (TPSA) is 52.7 Å². The molecule has 0 unspecified atom stereocenters. The first-order chi connectivity index (χ1) is 16.6. The quantitative estimate of drug-likeness (QED) is 0.389. The number of halogens is 5. The Bertz CT molecular complexity index is 1250. The van der Waals surface area contributed by atoms with Gasteiger partial charge >= 0.3 is 12.2 Å². The molecule has 1 fully saturated rings. The lowest BCUT2D eigenvalue weighted by molar-refractivity contribution is -0.137. The first-order valence-electron chi connectivity index (χ1n) is 10.7. The summed E-state index contributed by atoms with van der Waals surface area (Å²) in [6.07, 6.45) is -3.75. The number of nitrogens with zero attached hydrogens (tertiary/aromatic N) is 2. The van der Waals surface area contributed by atoms with Gasteiger partial charge in [0.2, 0.25) is 0 Å². The van der Waals surface area contributed by atoms with E-state index in [0.29, 0.717) is 30.3 Å². The molecule has 1 aliphatic rings. The SMILES string of the molecule is O=C(Nc1cc(N2CCCN(Cc3cccc(Cl)c3)C2=O)ccc1Cl)c1ccc(C(F)(F)F)cc1. The van der Waals surface area contributed by atoms with Crippen LogP contribution in [0.2, 0.25) is 10.0 Å². The molecule has 5 nitrogen and oxygen atoms in total. The molecular formula is C25H20Cl2F3N3O2. The summed E-state index contributed by atoms with van der Waals surface area (Å²) < 4.78 is 38.3.